The number of fused-ring (bicyclic) bond motifs is 1. The van der Waals surface area contributed by atoms with Gasteiger partial charge in [-0.2, -0.15) is 0 Å². The van der Waals surface area contributed by atoms with Crippen LogP contribution in [0.4, 0.5) is 0 Å². The monoisotopic (exact) mass is 445 g/mol. The summed E-state index contributed by atoms with van der Waals surface area (Å²) in [4.78, 5) is 17.9. The number of ether oxygens (including phenoxy) is 4. The van der Waals surface area contributed by atoms with E-state index < -0.39 is 5.97 Å². The third kappa shape index (κ3) is 4.35. The van der Waals surface area contributed by atoms with Gasteiger partial charge in [0.05, 0.1) is 25.5 Å². The number of oxime groups is 1. The lowest BCUT2D eigenvalue weighted by Gasteiger charge is -2.09. The summed E-state index contributed by atoms with van der Waals surface area (Å²) in [5, 5.41) is 4.32. The van der Waals surface area contributed by atoms with Crippen LogP contribution in [-0.2, 0) is 4.84 Å². The van der Waals surface area contributed by atoms with Crippen molar-refractivity contribution in [2.45, 2.75) is 12.3 Å². The molecule has 7 heteroatoms. The molecule has 1 saturated carbocycles. The van der Waals surface area contributed by atoms with Crippen molar-refractivity contribution in [2.24, 2.45) is 11.1 Å². The summed E-state index contributed by atoms with van der Waals surface area (Å²) in [5.41, 5.74) is 3.15. The maximum absolute atomic E-state index is 12.6. The minimum atomic E-state index is -0.524. The number of carbonyl (C=O) groups is 1. The lowest BCUT2D eigenvalue weighted by Crippen LogP contribution is -2.09. The highest BCUT2D eigenvalue weighted by atomic mass is 16.7. The lowest BCUT2D eigenvalue weighted by atomic mass is 10.0. The standard InChI is InChI=1S/C26H23NO6/c1-29-19-8-3-16(4-9-19)25(27-33-26(28)17-5-10-20(30-2)11-6-17)22-14-21(22)18-7-12-23-24(13-18)32-15-31-23/h3-13,21-22H,14-15H2,1-2H3/b27-25+. The molecule has 3 aromatic carbocycles. The average molecular weight is 445 g/mol. The molecule has 168 valence electrons. The summed E-state index contributed by atoms with van der Waals surface area (Å²) in [5.74, 6) is 2.77. The second kappa shape index (κ2) is 8.86. The largest absolute Gasteiger partial charge is 0.497 e. The van der Waals surface area contributed by atoms with Crippen LogP contribution in [-0.4, -0.2) is 32.7 Å². The van der Waals surface area contributed by atoms with Gasteiger partial charge in [0, 0.05) is 5.92 Å². The smallest absolute Gasteiger partial charge is 0.365 e. The zero-order chi connectivity index (χ0) is 22.8. The van der Waals surface area contributed by atoms with Gasteiger partial charge in [0.2, 0.25) is 6.79 Å². The van der Waals surface area contributed by atoms with Gasteiger partial charge in [-0.1, -0.05) is 11.2 Å². The Morgan fingerprint density at radius 3 is 2.15 bits per heavy atom. The molecule has 7 nitrogen and oxygen atoms in total. The quantitative estimate of drug-likeness (QED) is 0.296. The molecule has 0 saturated heterocycles. The van der Waals surface area contributed by atoms with Crippen LogP contribution in [0, 0.1) is 5.92 Å². The summed E-state index contributed by atoms with van der Waals surface area (Å²) in [6.07, 6.45) is 0.893. The van der Waals surface area contributed by atoms with Gasteiger partial charge in [0.25, 0.3) is 0 Å². The molecule has 33 heavy (non-hydrogen) atoms. The van der Waals surface area contributed by atoms with Gasteiger partial charge in [-0.25, -0.2) is 4.79 Å². The second-order valence-corrected chi connectivity index (χ2v) is 7.87. The second-order valence-electron chi connectivity index (χ2n) is 7.87. The van der Waals surface area contributed by atoms with Crippen molar-refractivity contribution < 1.29 is 28.6 Å². The van der Waals surface area contributed by atoms with E-state index in [1.54, 1.807) is 38.5 Å². The fraction of sp³-hybridized carbons (Fsp3) is 0.231. The summed E-state index contributed by atoms with van der Waals surface area (Å²) < 4.78 is 21.4. The van der Waals surface area contributed by atoms with E-state index in [0.717, 1.165) is 40.5 Å². The number of benzene rings is 3. The van der Waals surface area contributed by atoms with E-state index in [9.17, 15) is 4.79 Å². The number of carbonyl (C=O) groups excluding carboxylic acids is 1. The minimum absolute atomic E-state index is 0.113. The fourth-order valence-electron chi connectivity index (χ4n) is 3.98. The Morgan fingerprint density at radius 2 is 1.48 bits per heavy atom. The summed E-state index contributed by atoms with van der Waals surface area (Å²) in [6, 6.07) is 20.3. The van der Waals surface area contributed by atoms with E-state index in [1.165, 1.54) is 0 Å². The van der Waals surface area contributed by atoms with E-state index in [-0.39, 0.29) is 18.6 Å². The van der Waals surface area contributed by atoms with E-state index in [2.05, 4.69) is 5.16 Å². The number of nitrogens with zero attached hydrogens (tertiary/aromatic N) is 1. The van der Waals surface area contributed by atoms with Crippen molar-refractivity contribution in [3.63, 3.8) is 0 Å². The fourth-order valence-corrected chi connectivity index (χ4v) is 3.98. The third-order valence-electron chi connectivity index (χ3n) is 5.90. The molecule has 2 unspecified atom stereocenters. The van der Waals surface area contributed by atoms with E-state index in [0.29, 0.717) is 11.3 Å². The molecule has 0 bridgehead atoms. The molecule has 1 fully saturated rings. The molecular formula is C26H23NO6. The van der Waals surface area contributed by atoms with E-state index in [4.69, 9.17) is 23.8 Å². The highest BCUT2D eigenvalue weighted by Crippen LogP contribution is 2.51. The molecule has 2 atom stereocenters. The van der Waals surface area contributed by atoms with Crippen LogP contribution in [0.2, 0.25) is 0 Å². The minimum Gasteiger partial charge on any atom is -0.497 e. The van der Waals surface area contributed by atoms with Crippen molar-refractivity contribution in [2.75, 3.05) is 21.0 Å². The summed E-state index contributed by atoms with van der Waals surface area (Å²) >= 11 is 0. The molecule has 1 aliphatic heterocycles. The molecule has 0 radical (unpaired) electrons. The Hall–Kier alpha value is -4.00. The van der Waals surface area contributed by atoms with Crippen molar-refractivity contribution in [3.8, 4) is 23.0 Å². The highest BCUT2D eigenvalue weighted by molar-refractivity contribution is 6.05. The molecule has 1 aliphatic carbocycles. The first-order valence-electron chi connectivity index (χ1n) is 10.6. The molecule has 5 rings (SSSR count). The SMILES string of the molecule is COc1ccc(C(=O)O/N=C(\c2ccc(OC)cc2)C2CC2c2ccc3c(c2)OCO3)cc1. The van der Waals surface area contributed by atoms with Crippen molar-refractivity contribution >= 4 is 11.7 Å². The molecule has 0 aromatic heterocycles. The van der Waals surface area contributed by atoms with Gasteiger partial charge in [-0.15, -0.1) is 0 Å². The molecular weight excluding hydrogens is 422 g/mol. The maximum atomic E-state index is 12.6. The number of methoxy groups -OCH3 is 2. The number of hydrogen-bond acceptors (Lipinski definition) is 7. The molecule has 0 amide bonds. The average Bonchev–Trinajstić information content (AvgIpc) is 3.51. The molecule has 3 aromatic rings. The zero-order valence-electron chi connectivity index (χ0n) is 18.3. The van der Waals surface area contributed by atoms with Gasteiger partial charge < -0.3 is 23.8 Å². The molecule has 1 heterocycles. The van der Waals surface area contributed by atoms with Crippen LogP contribution in [0.1, 0.15) is 33.8 Å². The van der Waals surface area contributed by atoms with Gasteiger partial charge in [-0.3, -0.25) is 0 Å². The topological polar surface area (TPSA) is 75.6 Å². The first-order chi connectivity index (χ1) is 16.2. The predicted octanol–water partition coefficient (Wildman–Crippen LogP) is 4.80. The maximum Gasteiger partial charge on any atom is 0.365 e. The Labute approximate surface area is 191 Å². The van der Waals surface area contributed by atoms with Crippen molar-refractivity contribution in [3.05, 3.63) is 83.4 Å². The van der Waals surface area contributed by atoms with Gasteiger partial charge in [-0.05, 0) is 84.1 Å². The van der Waals surface area contributed by atoms with Crippen molar-refractivity contribution in [1.29, 1.82) is 0 Å². The van der Waals surface area contributed by atoms with Crippen molar-refractivity contribution in [1.82, 2.24) is 0 Å². The Kier molecular flexibility index (Phi) is 5.60. The van der Waals surface area contributed by atoms with Crippen LogP contribution in [0.5, 0.6) is 23.0 Å². The first kappa shape index (κ1) is 20.9. The number of rotatable bonds is 7. The molecule has 2 aliphatic rings. The Bertz CT molecular complexity index is 1190. The zero-order valence-corrected chi connectivity index (χ0v) is 18.3. The third-order valence-corrected chi connectivity index (χ3v) is 5.90. The van der Waals surface area contributed by atoms with E-state index in [1.807, 2.05) is 42.5 Å². The summed E-state index contributed by atoms with van der Waals surface area (Å²) in [7, 11) is 3.20. The van der Waals surface area contributed by atoms with Gasteiger partial charge in [0.1, 0.15) is 11.5 Å². The van der Waals surface area contributed by atoms with Crippen LogP contribution < -0.4 is 18.9 Å². The highest BCUT2D eigenvalue weighted by Gasteiger charge is 2.43. The molecule has 0 N–H and O–H groups in total. The van der Waals surface area contributed by atoms with E-state index >= 15 is 0 Å². The molecule has 0 spiro atoms. The van der Waals surface area contributed by atoms with Crippen LogP contribution in [0.15, 0.2) is 71.9 Å². The normalized spacial score (nSPS) is 18.5. The first-order valence-corrected chi connectivity index (χ1v) is 10.6. The Balaban J connectivity index is 1.39. The Morgan fingerprint density at radius 1 is 0.848 bits per heavy atom. The summed E-state index contributed by atoms with van der Waals surface area (Å²) in [6.45, 7) is 0.243. The predicted molar refractivity (Wildman–Crippen MR) is 121 cm³/mol. The van der Waals surface area contributed by atoms with Crippen LogP contribution in [0.3, 0.4) is 0 Å². The van der Waals surface area contributed by atoms with Gasteiger partial charge in [0.15, 0.2) is 11.5 Å². The lowest BCUT2D eigenvalue weighted by molar-refractivity contribution is 0.0515. The van der Waals surface area contributed by atoms with Gasteiger partial charge >= 0.3 is 5.97 Å². The number of hydrogen-bond donors (Lipinski definition) is 0. The van der Waals surface area contributed by atoms with Crippen LogP contribution >= 0.6 is 0 Å². The van der Waals surface area contributed by atoms with Crippen LogP contribution in [0.25, 0.3) is 0 Å².